The topological polar surface area (TPSA) is 80.1 Å². The summed E-state index contributed by atoms with van der Waals surface area (Å²) >= 11 is 0. The van der Waals surface area contributed by atoms with Gasteiger partial charge in [-0.15, -0.1) is 0 Å². The molecule has 0 saturated carbocycles. The SMILES string of the molecule is Cn1cnc(CNC(=O)C2CCCN(C(=O)Cc3ccccc3)C2)n1. The molecule has 1 fully saturated rings. The predicted molar refractivity (Wildman–Crippen MR) is 92.3 cm³/mol. The lowest BCUT2D eigenvalue weighted by Gasteiger charge is -2.32. The average molecular weight is 341 g/mol. The first-order chi connectivity index (χ1) is 12.1. The molecule has 0 spiro atoms. The lowest BCUT2D eigenvalue weighted by atomic mass is 9.96. The number of likely N-dealkylation sites (tertiary alicyclic amines) is 1. The summed E-state index contributed by atoms with van der Waals surface area (Å²) in [6, 6.07) is 9.70. The van der Waals surface area contributed by atoms with Crippen molar-refractivity contribution in [3.05, 3.63) is 48.0 Å². The van der Waals surface area contributed by atoms with E-state index >= 15 is 0 Å². The van der Waals surface area contributed by atoms with Crippen LogP contribution in [-0.2, 0) is 29.6 Å². The minimum Gasteiger partial charge on any atom is -0.348 e. The Kier molecular flexibility index (Phi) is 5.42. The van der Waals surface area contributed by atoms with Gasteiger partial charge in [-0.2, -0.15) is 5.10 Å². The Bertz CT molecular complexity index is 728. The van der Waals surface area contributed by atoms with Crippen LogP contribution in [-0.4, -0.2) is 44.6 Å². The molecule has 7 heteroatoms. The summed E-state index contributed by atoms with van der Waals surface area (Å²) < 4.78 is 1.60. The molecule has 1 aromatic carbocycles. The van der Waals surface area contributed by atoms with Gasteiger partial charge in [0.1, 0.15) is 6.33 Å². The standard InChI is InChI=1S/C18H23N5O2/c1-22-13-20-16(21-22)11-19-18(25)15-8-5-9-23(12-15)17(24)10-14-6-3-2-4-7-14/h2-4,6-7,13,15H,5,8-12H2,1H3,(H,19,25). The fourth-order valence-electron chi connectivity index (χ4n) is 3.08. The normalized spacial score (nSPS) is 17.3. The summed E-state index contributed by atoms with van der Waals surface area (Å²) in [5.74, 6) is 0.459. The molecular formula is C18H23N5O2. The number of aromatic nitrogens is 3. The number of carbonyl (C=O) groups is 2. The Morgan fingerprint density at radius 3 is 2.80 bits per heavy atom. The van der Waals surface area contributed by atoms with Gasteiger partial charge < -0.3 is 10.2 Å². The van der Waals surface area contributed by atoms with E-state index in [0.29, 0.717) is 25.3 Å². The minimum atomic E-state index is -0.169. The molecule has 2 aromatic rings. The molecule has 0 aliphatic carbocycles. The maximum absolute atomic E-state index is 12.5. The monoisotopic (exact) mass is 341 g/mol. The largest absolute Gasteiger partial charge is 0.348 e. The van der Waals surface area contributed by atoms with Crippen molar-refractivity contribution < 1.29 is 9.59 Å². The van der Waals surface area contributed by atoms with E-state index in [0.717, 1.165) is 24.9 Å². The van der Waals surface area contributed by atoms with Crippen LogP contribution in [0.15, 0.2) is 36.7 Å². The van der Waals surface area contributed by atoms with E-state index in [1.54, 1.807) is 23.0 Å². The Labute approximate surface area is 147 Å². The number of carbonyl (C=O) groups excluding carboxylic acids is 2. The Balaban J connectivity index is 1.51. The van der Waals surface area contributed by atoms with E-state index < -0.39 is 0 Å². The fourth-order valence-corrected chi connectivity index (χ4v) is 3.08. The van der Waals surface area contributed by atoms with E-state index in [2.05, 4.69) is 15.4 Å². The number of piperidine rings is 1. The molecule has 0 radical (unpaired) electrons. The number of rotatable bonds is 5. The Morgan fingerprint density at radius 2 is 2.08 bits per heavy atom. The first kappa shape index (κ1) is 17.1. The summed E-state index contributed by atoms with van der Waals surface area (Å²) in [5.41, 5.74) is 1.00. The number of hydrogen-bond donors (Lipinski definition) is 1. The lowest BCUT2D eigenvalue weighted by Crippen LogP contribution is -2.45. The van der Waals surface area contributed by atoms with Crippen LogP contribution in [0.25, 0.3) is 0 Å². The van der Waals surface area contributed by atoms with Gasteiger partial charge in [-0.3, -0.25) is 14.3 Å². The molecule has 1 saturated heterocycles. The highest BCUT2D eigenvalue weighted by Gasteiger charge is 2.28. The van der Waals surface area contributed by atoms with Crippen molar-refractivity contribution in [1.82, 2.24) is 25.0 Å². The van der Waals surface area contributed by atoms with Crippen LogP contribution >= 0.6 is 0 Å². The van der Waals surface area contributed by atoms with Crippen molar-refractivity contribution in [3.63, 3.8) is 0 Å². The molecule has 1 aliphatic rings. The quantitative estimate of drug-likeness (QED) is 0.877. The van der Waals surface area contributed by atoms with Crippen LogP contribution in [0, 0.1) is 5.92 Å². The second kappa shape index (κ2) is 7.92. The highest BCUT2D eigenvalue weighted by Crippen LogP contribution is 2.18. The third-order valence-corrected chi connectivity index (χ3v) is 4.41. The lowest BCUT2D eigenvalue weighted by molar-refractivity contribution is -0.135. The highest BCUT2D eigenvalue weighted by molar-refractivity contribution is 5.82. The zero-order valence-electron chi connectivity index (χ0n) is 14.4. The molecule has 1 atom stereocenters. The number of nitrogens with zero attached hydrogens (tertiary/aromatic N) is 4. The van der Waals surface area contributed by atoms with Crippen molar-refractivity contribution in [1.29, 1.82) is 0 Å². The molecule has 1 N–H and O–H groups in total. The number of hydrogen-bond acceptors (Lipinski definition) is 4. The fraction of sp³-hybridized carbons (Fsp3) is 0.444. The van der Waals surface area contributed by atoms with Crippen molar-refractivity contribution in [2.75, 3.05) is 13.1 Å². The summed E-state index contributed by atoms with van der Waals surface area (Å²) in [7, 11) is 1.79. The molecule has 25 heavy (non-hydrogen) atoms. The van der Waals surface area contributed by atoms with Crippen molar-refractivity contribution in [3.8, 4) is 0 Å². The summed E-state index contributed by atoms with van der Waals surface area (Å²) in [6.45, 7) is 1.51. The highest BCUT2D eigenvalue weighted by atomic mass is 16.2. The average Bonchev–Trinajstić information content (AvgIpc) is 3.06. The number of nitrogens with one attached hydrogen (secondary N) is 1. The molecule has 1 unspecified atom stereocenters. The van der Waals surface area contributed by atoms with Crippen LogP contribution in [0.3, 0.4) is 0 Å². The summed E-state index contributed by atoms with van der Waals surface area (Å²) in [5, 5.41) is 7.02. The molecule has 3 rings (SSSR count). The van der Waals surface area contributed by atoms with Crippen LogP contribution in [0.1, 0.15) is 24.2 Å². The number of aryl methyl sites for hydroxylation is 1. The van der Waals surface area contributed by atoms with Gasteiger partial charge in [0.25, 0.3) is 0 Å². The smallest absolute Gasteiger partial charge is 0.227 e. The van der Waals surface area contributed by atoms with Gasteiger partial charge in [-0.1, -0.05) is 30.3 Å². The van der Waals surface area contributed by atoms with Gasteiger partial charge in [-0.05, 0) is 18.4 Å². The van der Waals surface area contributed by atoms with Crippen molar-refractivity contribution in [2.45, 2.75) is 25.8 Å². The van der Waals surface area contributed by atoms with Gasteiger partial charge in [-0.25, -0.2) is 4.98 Å². The van der Waals surface area contributed by atoms with Gasteiger partial charge >= 0.3 is 0 Å². The molecule has 1 aromatic heterocycles. The van der Waals surface area contributed by atoms with Gasteiger partial charge in [0.15, 0.2) is 5.82 Å². The summed E-state index contributed by atoms with van der Waals surface area (Å²) in [6.07, 6.45) is 3.64. The van der Waals surface area contributed by atoms with E-state index in [4.69, 9.17) is 0 Å². The first-order valence-electron chi connectivity index (χ1n) is 8.56. The zero-order valence-corrected chi connectivity index (χ0v) is 14.4. The van der Waals surface area contributed by atoms with Crippen molar-refractivity contribution in [2.24, 2.45) is 13.0 Å². The van der Waals surface area contributed by atoms with Crippen LogP contribution in [0.2, 0.25) is 0 Å². The Morgan fingerprint density at radius 1 is 1.28 bits per heavy atom. The van der Waals surface area contributed by atoms with E-state index in [1.807, 2.05) is 30.3 Å². The maximum atomic E-state index is 12.5. The van der Waals surface area contributed by atoms with E-state index in [1.165, 1.54) is 0 Å². The predicted octanol–water partition coefficient (Wildman–Crippen LogP) is 0.913. The second-order valence-corrected chi connectivity index (χ2v) is 6.39. The van der Waals surface area contributed by atoms with Crippen LogP contribution in [0.4, 0.5) is 0 Å². The number of amides is 2. The van der Waals surface area contributed by atoms with E-state index in [9.17, 15) is 9.59 Å². The van der Waals surface area contributed by atoms with Crippen molar-refractivity contribution >= 4 is 11.8 Å². The van der Waals surface area contributed by atoms with Gasteiger partial charge in [0.2, 0.25) is 11.8 Å². The zero-order chi connectivity index (χ0) is 17.6. The van der Waals surface area contributed by atoms with Gasteiger partial charge in [0.05, 0.1) is 18.9 Å². The second-order valence-electron chi connectivity index (χ2n) is 6.39. The molecule has 132 valence electrons. The Hall–Kier alpha value is -2.70. The van der Waals surface area contributed by atoms with Crippen LogP contribution < -0.4 is 5.32 Å². The third-order valence-electron chi connectivity index (χ3n) is 4.41. The molecule has 2 amide bonds. The van der Waals surface area contributed by atoms with Gasteiger partial charge in [0, 0.05) is 20.1 Å². The first-order valence-corrected chi connectivity index (χ1v) is 8.56. The molecule has 0 bridgehead atoms. The molecular weight excluding hydrogens is 318 g/mol. The minimum absolute atomic E-state index is 0.0373. The van der Waals surface area contributed by atoms with E-state index in [-0.39, 0.29) is 17.7 Å². The molecule has 2 heterocycles. The summed E-state index contributed by atoms with van der Waals surface area (Å²) in [4.78, 5) is 30.8. The van der Waals surface area contributed by atoms with Crippen LogP contribution in [0.5, 0.6) is 0 Å². The maximum Gasteiger partial charge on any atom is 0.227 e. The molecule has 1 aliphatic heterocycles. The number of benzene rings is 1. The third kappa shape index (κ3) is 4.65. The molecule has 7 nitrogen and oxygen atoms in total.